The van der Waals surface area contributed by atoms with E-state index in [1.165, 1.54) is 19.3 Å². The van der Waals surface area contributed by atoms with Gasteiger partial charge in [0.15, 0.2) is 0 Å². The lowest BCUT2D eigenvalue weighted by molar-refractivity contribution is -0.137. The predicted molar refractivity (Wildman–Crippen MR) is 112 cm³/mol. The maximum atomic E-state index is 13.5. The molecule has 1 aliphatic rings. The van der Waals surface area contributed by atoms with E-state index >= 15 is 0 Å². The summed E-state index contributed by atoms with van der Waals surface area (Å²) in [5, 5.41) is 5.82. The minimum absolute atomic E-state index is 0.0973. The van der Waals surface area contributed by atoms with Crippen LogP contribution in [0.3, 0.4) is 0 Å². The minimum Gasteiger partial charge on any atom is -0.340 e. The largest absolute Gasteiger partial charge is 0.421 e. The van der Waals surface area contributed by atoms with Gasteiger partial charge in [-0.25, -0.2) is 4.98 Å². The van der Waals surface area contributed by atoms with Gasteiger partial charge in [0.05, 0.1) is 0 Å². The first kappa shape index (κ1) is 20.2. The van der Waals surface area contributed by atoms with Crippen LogP contribution in [0.15, 0.2) is 60.8 Å². The Morgan fingerprint density at radius 2 is 1.57 bits per heavy atom. The quantitative estimate of drug-likeness (QED) is 0.472. The fourth-order valence-electron chi connectivity index (χ4n) is 3.84. The monoisotopic (exact) mass is 412 g/mol. The number of aromatic nitrogens is 2. The van der Waals surface area contributed by atoms with Gasteiger partial charge in [-0.05, 0) is 48.6 Å². The predicted octanol–water partition coefficient (Wildman–Crippen LogP) is 7.03. The summed E-state index contributed by atoms with van der Waals surface area (Å²) >= 11 is 0. The Labute approximate surface area is 173 Å². The summed E-state index contributed by atoms with van der Waals surface area (Å²) in [6, 6.07) is 16.7. The SMILES string of the molecule is FC(F)(F)c1cnc(Nc2ccccc2)nc1Nc1cccc(C2CCCCC2)c1. The molecule has 2 aromatic carbocycles. The summed E-state index contributed by atoms with van der Waals surface area (Å²) in [7, 11) is 0. The molecule has 0 saturated heterocycles. The van der Waals surface area contributed by atoms with Crippen LogP contribution in [0, 0.1) is 0 Å². The van der Waals surface area contributed by atoms with Crippen LogP contribution in [0.25, 0.3) is 0 Å². The van der Waals surface area contributed by atoms with E-state index in [0.29, 0.717) is 17.3 Å². The summed E-state index contributed by atoms with van der Waals surface area (Å²) in [6.07, 6.45) is 2.13. The highest BCUT2D eigenvalue weighted by Gasteiger charge is 2.35. The molecule has 1 saturated carbocycles. The van der Waals surface area contributed by atoms with Crippen molar-refractivity contribution in [1.29, 1.82) is 0 Å². The second-order valence-electron chi connectivity index (χ2n) is 7.53. The lowest BCUT2D eigenvalue weighted by atomic mass is 9.84. The lowest BCUT2D eigenvalue weighted by Gasteiger charge is -2.22. The first-order chi connectivity index (χ1) is 14.5. The van der Waals surface area contributed by atoms with E-state index in [0.717, 1.165) is 24.6 Å². The fourth-order valence-corrected chi connectivity index (χ4v) is 3.84. The van der Waals surface area contributed by atoms with Gasteiger partial charge in [0.2, 0.25) is 5.95 Å². The molecule has 1 aliphatic carbocycles. The van der Waals surface area contributed by atoms with Gasteiger partial charge in [-0.2, -0.15) is 18.2 Å². The topological polar surface area (TPSA) is 49.8 Å². The molecule has 156 valence electrons. The summed E-state index contributed by atoms with van der Waals surface area (Å²) in [4.78, 5) is 7.97. The Hall–Kier alpha value is -3.09. The molecule has 0 radical (unpaired) electrons. The second-order valence-corrected chi connectivity index (χ2v) is 7.53. The summed E-state index contributed by atoms with van der Waals surface area (Å²) < 4.78 is 40.6. The lowest BCUT2D eigenvalue weighted by Crippen LogP contribution is -2.13. The Balaban J connectivity index is 1.62. The van der Waals surface area contributed by atoms with Crippen molar-refractivity contribution in [1.82, 2.24) is 9.97 Å². The van der Waals surface area contributed by atoms with Gasteiger partial charge in [0.1, 0.15) is 11.4 Å². The van der Waals surface area contributed by atoms with E-state index in [9.17, 15) is 13.2 Å². The van der Waals surface area contributed by atoms with E-state index in [-0.39, 0.29) is 11.8 Å². The minimum atomic E-state index is -4.56. The van der Waals surface area contributed by atoms with Gasteiger partial charge in [-0.3, -0.25) is 0 Å². The highest BCUT2D eigenvalue weighted by Crippen LogP contribution is 2.37. The molecule has 0 atom stereocenters. The zero-order valence-electron chi connectivity index (χ0n) is 16.4. The summed E-state index contributed by atoms with van der Waals surface area (Å²) in [5.74, 6) is 0.292. The molecule has 4 rings (SSSR count). The number of anilines is 4. The molecule has 4 nitrogen and oxygen atoms in total. The number of halogens is 3. The Morgan fingerprint density at radius 3 is 2.30 bits per heavy atom. The molecular formula is C23H23F3N4. The first-order valence-corrected chi connectivity index (χ1v) is 10.1. The Bertz CT molecular complexity index is 983. The highest BCUT2D eigenvalue weighted by atomic mass is 19.4. The number of hydrogen-bond donors (Lipinski definition) is 2. The number of benzene rings is 2. The van der Waals surface area contributed by atoms with Crippen LogP contribution < -0.4 is 10.6 Å². The standard InChI is InChI=1S/C23H23F3N4/c24-23(25,26)20-15-27-22(29-18-11-5-2-6-12-18)30-21(20)28-19-13-7-10-17(14-19)16-8-3-1-4-9-16/h2,5-7,10-16H,1,3-4,8-9H2,(H2,27,28,29,30). The average molecular weight is 412 g/mol. The van der Waals surface area contributed by atoms with Crippen LogP contribution in [-0.4, -0.2) is 9.97 Å². The Morgan fingerprint density at radius 1 is 0.833 bits per heavy atom. The van der Waals surface area contributed by atoms with Crippen molar-refractivity contribution >= 4 is 23.1 Å². The molecule has 0 bridgehead atoms. The van der Waals surface area contributed by atoms with Crippen molar-refractivity contribution in [2.24, 2.45) is 0 Å². The molecule has 1 fully saturated rings. The molecule has 2 N–H and O–H groups in total. The third-order valence-electron chi connectivity index (χ3n) is 5.35. The van der Waals surface area contributed by atoms with E-state index in [1.54, 1.807) is 18.2 Å². The van der Waals surface area contributed by atoms with Gasteiger partial charge >= 0.3 is 6.18 Å². The number of nitrogens with one attached hydrogen (secondary N) is 2. The van der Waals surface area contributed by atoms with Crippen LogP contribution in [0.2, 0.25) is 0 Å². The molecule has 0 aliphatic heterocycles. The fraction of sp³-hybridized carbons (Fsp3) is 0.304. The summed E-state index contributed by atoms with van der Waals surface area (Å²) in [6.45, 7) is 0. The molecule has 30 heavy (non-hydrogen) atoms. The number of para-hydroxylation sites is 1. The molecule has 1 aromatic heterocycles. The van der Waals surface area contributed by atoms with E-state index in [1.807, 2.05) is 36.4 Å². The third kappa shape index (κ3) is 4.90. The van der Waals surface area contributed by atoms with Gasteiger partial charge in [0, 0.05) is 17.6 Å². The van der Waals surface area contributed by atoms with Crippen LogP contribution in [0.1, 0.15) is 49.1 Å². The molecular weight excluding hydrogens is 389 g/mol. The Kier molecular flexibility index (Phi) is 5.88. The second kappa shape index (κ2) is 8.73. The number of nitrogens with zero attached hydrogens (tertiary/aromatic N) is 2. The van der Waals surface area contributed by atoms with E-state index in [4.69, 9.17) is 0 Å². The molecule has 0 amide bonds. The smallest absolute Gasteiger partial charge is 0.340 e. The zero-order valence-corrected chi connectivity index (χ0v) is 16.4. The molecule has 7 heteroatoms. The first-order valence-electron chi connectivity index (χ1n) is 10.1. The van der Waals surface area contributed by atoms with Crippen LogP contribution in [0.5, 0.6) is 0 Å². The van der Waals surface area contributed by atoms with Crippen molar-refractivity contribution in [3.8, 4) is 0 Å². The van der Waals surface area contributed by atoms with E-state index < -0.39 is 11.7 Å². The van der Waals surface area contributed by atoms with Crippen molar-refractivity contribution < 1.29 is 13.2 Å². The van der Waals surface area contributed by atoms with Crippen LogP contribution >= 0.6 is 0 Å². The third-order valence-corrected chi connectivity index (χ3v) is 5.35. The summed E-state index contributed by atoms with van der Waals surface area (Å²) in [5.41, 5.74) is 1.55. The molecule has 3 aromatic rings. The number of rotatable bonds is 5. The van der Waals surface area contributed by atoms with Gasteiger partial charge in [0.25, 0.3) is 0 Å². The van der Waals surface area contributed by atoms with Gasteiger partial charge < -0.3 is 10.6 Å². The molecule has 0 unspecified atom stereocenters. The average Bonchev–Trinajstić information content (AvgIpc) is 2.75. The highest BCUT2D eigenvalue weighted by molar-refractivity contribution is 5.63. The van der Waals surface area contributed by atoms with Gasteiger partial charge in [-0.1, -0.05) is 49.6 Å². The number of alkyl halides is 3. The van der Waals surface area contributed by atoms with Crippen LogP contribution in [0.4, 0.5) is 36.3 Å². The normalized spacial score (nSPS) is 15.0. The molecule has 0 spiro atoms. The van der Waals surface area contributed by atoms with Gasteiger partial charge in [-0.15, -0.1) is 0 Å². The van der Waals surface area contributed by atoms with Crippen molar-refractivity contribution in [2.75, 3.05) is 10.6 Å². The van der Waals surface area contributed by atoms with Crippen molar-refractivity contribution in [2.45, 2.75) is 44.2 Å². The maximum Gasteiger partial charge on any atom is 0.421 e. The maximum absolute atomic E-state index is 13.5. The van der Waals surface area contributed by atoms with Crippen LogP contribution in [-0.2, 0) is 6.18 Å². The van der Waals surface area contributed by atoms with Crippen molar-refractivity contribution in [3.63, 3.8) is 0 Å². The number of hydrogen-bond acceptors (Lipinski definition) is 4. The van der Waals surface area contributed by atoms with E-state index in [2.05, 4.69) is 20.6 Å². The molecule has 1 heterocycles. The van der Waals surface area contributed by atoms with Crippen molar-refractivity contribution in [3.05, 3.63) is 71.9 Å². The zero-order chi connectivity index (χ0) is 21.0.